The minimum Gasteiger partial charge on any atom is -0.376 e. The fraction of sp³-hybridized carbons (Fsp3) is 0.529. The number of hydrogen-bond acceptors (Lipinski definition) is 3. The molecule has 2 amide bonds. The van der Waals surface area contributed by atoms with E-state index in [2.05, 4.69) is 5.32 Å². The molecule has 0 unspecified atom stereocenters. The average molecular weight is 321 g/mol. The van der Waals surface area contributed by atoms with Crippen LogP contribution in [0.4, 0.5) is 10.1 Å². The molecule has 1 fully saturated rings. The fourth-order valence-corrected chi connectivity index (χ4v) is 2.69. The van der Waals surface area contributed by atoms with Gasteiger partial charge in [0.05, 0.1) is 12.1 Å². The Morgan fingerprint density at radius 2 is 1.83 bits per heavy atom. The second-order valence-electron chi connectivity index (χ2n) is 6.04. The zero-order chi connectivity index (χ0) is 16.8. The van der Waals surface area contributed by atoms with Gasteiger partial charge >= 0.3 is 0 Å². The van der Waals surface area contributed by atoms with Crippen molar-refractivity contribution in [3.63, 3.8) is 0 Å². The number of benzene rings is 1. The van der Waals surface area contributed by atoms with Gasteiger partial charge in [-0.05, 0) is 31.0 Å². The van der Waals surface area contributed by atoms with Crippen LogP contribution < -0.4 is 5.32 Å². The lowest BCUT2D eigenvalue weighted by Gasteiger charge is -2.21. The Balaban J connectivity index is 2.04. The first kappa shape index (κ1) is 17.2. The van der Waals surface area contributed by atoms with E-state index in [-0.39, 0.29) is 23.9 Å². The van der Waals surface area contributed by atoms with Gasteiger partial charge in [0, 0.05) is 32.9 Å². The molecule has 23 heavy (non-hydrogen) atoms. The van der Waals surface area contributed by atoms with E-state index in [4.69, 9.17) is 0 Å². The third-order valence-electron chi connectivity index (χ3n) is 4.01. The highest BCUT2D eigenvalue weighted by Crippen LogP contribution is 2.19. The Bertz CT molecular complexity index is 567. The molecule has 1 saturated heterocycles. The molecule has 6 heteroatoms. The van der Waals surface area contributed by atoms with Gasteiger partial charge in [0.1, 0.15) is 5.82 Å². The Kier molecular flexibility index (Phi) is 5.96. The van der Waals surface area contributed by atoms with Crippen molar-refractivity contribution in [2.45, 2.75) is 25.7 Å². The van der Waals surface area contributed by atoms with E-state index in [1.807, 2.05) is 4.90 Å². The van der Waals surface area contributed by atoms with E-state index >= 15 is 0 Å². The molecule has 0 bridgehead atoms. The number of rotatable bonds is 4. The molecule has 1 aromatic rings. The summed E-state index contributed by atoms with van der Waals surface area (Å²) in [6.45, 7) is 1.68. The van der Waals surface area contributed by atoms with Crippen molar-refractivity contribution in [2.75, 3.05) is 39.0 Å². The lowest BCUT2D eigenvalue weighted by molar-refractivity contribution is -0.129. The zero-order valence-electron chi connectivity index (χ0n) is 13.8. The Hall–Kier alpha value is -2.11. The van der Waals surface area contributed by atoms with Crippen molar-refractivity contribution < 1.29 is 14.0 Å². The van der Waals surface area contributed by atoms with E-state index in [9.17, 15) is 14.0 Å². The summed E-state index contributed by atoms with van der Waals surface area (Å²) >= 11 is 0. The van der Waals surface area contributed by atoms with E-state index < -0.39 is 5.82 Å². The average Bonchev–Trinajstić information content (AvgIpc) is 2.81. The summed E-state index contributed by atoms with van der Waals surface area (Å²) in [6, 6.07) is 3.98. The van der Waals surface area contributed by atoms with Crippen LogP contribution in [0.25, 0.3) is 0 Å². The first-order chi connectivity index (χ1) is 11.0. The van der Waals surface area contributed by atoms with Crippen molar-refractivity contribution in [3.05, 3.63) is 29.6 Å². The number of nitrogens with zero attached hydrogens (tertiary/aromatic N) is 2. The summed E-state index contributed by atoms with van der Waals surface area (Å²) in [5, 5.41) is 2.99. The normalized spacial score (nSPS) is 15.0. The monoisotopic (exact) mass is 321 g/mol. The summed E-state index contributed by atoms with van der Waals surface area (Å²) in [5.74, 6) is -0.756. The van der Waals surface area contributed by atoms with E-state index in [0.717, 1.165) is 38.8 Å². The van der Waals surface area contributed by atoms with Crippen LogP contribution in [0.1, 0.15) is 36.0 Å². The molecule has 1 aromatic carbocycles. The predicted molar refractivity (Wildman–Crippen MR) is 88.0 cm³/mol. The van der Waals surface area contributed by atoms with Crippen LogP contribution in [0.5, 0.6) is 0 Å². The maximum absolute atomic E-state index is 13.4. The lowest BCUT2D eigenvalue weighted by atomic mass is 10.1. The summed E-state index contributed by atoms with van der Waals surface area (Å²) in [7, 11) is 3.22. The van der Waals surface area contributed by atoms with Crippen LogP contribution in [-0.4, -0.2) is 55.3 Å². The van der Waals surface area contributed by atoms with E-state index in [1.54, 1.807) is 14.1 Å². The topological polar surface area (TPSA) is 52.7 Å². The molecule has 0 aromatic heterocycles. The van der Waals surface area contributed by atoms with E-state index in [1.165, 1.54) is 23.1 Å². The molecule has 0 saturated carbocycles. The van der Waals surface area contributed by atoms with Gasteiger partial charge in [-0.2, -0.15) is 0 Å². The molecule has 1 heterocycles. The van der Waals surface area contributed by atoms with Gasteiger partial charge in [0.25, 0.3) is 5.91 Å². The maximum atomic E-state index is 13.4. The van der Waals surface area contributed by atoms with Crippen molar-refractivity contribution >= 4 is 17.5 Å². The van der Waals surface area contributed by atoms with Crippen molar-refractivity contribution in [1.82, 2.24) is 9.80 Å². The lowest BCUT2D eigenvalue weighted by Crippen LogP contribution is -2.36. The number of amides is 2. The largest absolute Gasteiger partial charge is 0.376 e. The quantitative estimate of drug-likeness (QED) is 0.926. The smallest absolute Gasteiger partial charge is 0.255 e. The molecular weight excluding hydrogens is 297 g/mol. The van der Waals surface area contributed by atoms with Crippen LogP contribution >= 0.6 is 0 Å². The highest BCUT2D eigenvalue weighted by molar-refractivity contribution is 5.99. The highest BCUT2D eigenvalue weighted by Gasteiger charge is 2.18. The summed E-state index contributed by atoms with van der Waals surface area (Å²) in [4.78, 5) is 27.7. The fourth-order valence-electron chi connectivity index (χ4n) is 2.69. The molecule has 5 nitrogen and oxygen atoms in total. The van der Waals surface area contributed by atoms with Gasteiger partial charge in [0.15, 0.2) is 0 Å². The first-order valence-electron chi connectivity index (χ1n) is 8.02. The molecule has 0 radical (unpaired) electrons. The Morgan fingerprint density at radius 1 is 1.17 bits per heavy atom. The van der Waals surface area contributed by atoms with Crippen LogP contribution in [-0.2, 0) is 4.79 Å². The Morgan fingerprint density at radius 3 is 2.43 bits per heavy atom. The number of hydrogen-bond donors (Lipinski definition) is 1. The molecular formula is C17H24FN3O2. The number of likely N-dealkylation sites (tertiary alicyclic amines) is 1. The standard InChI is InChI=1S/C17H24FN3O2/c1-20(2)17(23)14-11-13(18)7-8-15(14)19-12-16(22)21-9-5-3-4-6-10-21/h7-8,11,19H,3-6,9-10,12H2,1-2H3. The minimum atomic E-state index is -0.473. The van der Waals surface area contributed by atoms with Crippen molar-refractivity contribution in [2.24, 2.45) is 0 Å². The molecule has 126 valence electrons. The van der Waals surface area contributed by atoms with Crippen molar-refractivity contribution in [3.8, 4) is 0 Å². The minimum absolute atomic E-state index is 0.0134. The maximum Gasteiger partial charge on any atom is 0.255 e. The number of anilines is 1. The number of carbonyl (C=O) groups is 2. The van der Waals surface area contributed by atoms with Gasteiger partial charge in [-0.15, -0.1) is 0 Å². The number of halogens is 1. The molecule has 2 rings (SSSR count). The summed E-state index contributed by atoms with van der Waals surface area (Å²) in [5.41, 5.74) is 0.715. The zero-order valence-corrected chi connectivity index (χ0v) is 13.8. The molecule has 0 atom stereocenters. The van der Waals surface area contributed by atoms with Crippen molar-refractivity contribution in [1.29, 1.82) is 0 Å². The van der Waals surface area contributed by atoms with Crippen LogP contribution in [0.2, 0.25) is 0 Å². The third-order valence-corrected chi connectivity index (χ3v) is 4.01. The van der Waals surface area contributed by atoms with Gasteiger partial charge in [-0.1, -0.05) is 12.8 Å². The van der Waals surface area contributed by atoms with Crippen LogP contribution in [0.15, 0.2) is 18.2 Å². The van der Waals surface area contributed by atoms with Crippen LogP contribution in [0, 0.1) is 5.82 Å². The SMILES string of the molecule is CN(C)C(=O)c1cc(F)ccc1NCC(=O)N1CCCCCC1. The Labute approximate surface area is 136 Å². The predicted octanol–water partition coefficient (Wildman–Crippen LogP) is 2.34. The summed E-state index contributed by atoms with van der Waals surface area (Å²) < 4.78 is 13.4. The number of nitrogens with one attached hydrogen (secondary N) is 1. The molecule has 1 N–H and O–H groups in total. The highest BCUT2D eigenvalue weighted by atomic mass is 19.1. The van der Waals surface area contributed by atoms with Gasteiger partial charge in [0.2, 0.25) is 5.91 Å². The van der Waals surface area contributed by atoms with Gasteiger partial charge in [-0.25, -0.2) is 4.39 Å². The first-order valence-corrected chi connectivity index (χ1v) is 8.02. The second kappa shape index (κ2) is 7.94. The molecule has 1 aliphatic rings. The van der Waals surface area contributed by atoms with Crippen LogP contribution in [0.3, 0.4) is 0 Å². The summed E-state index contributed by atoms with van der Waals surface area (Å²) in [6.07, 6.45) is 4.40. The van der Waals surface area contributed by atoms with Gasteiger partial charge in [-0.3, -0.25) is 9.59 Å². The van der Waals surface area contributed by atoms with E-state index in [0.29, 0.717) is 5.69 Å². The third kappa shape index (κ3) is 4.68. The van der Waals surface area contributed by atoms with Gasteiger partial charge < -0.3 is 15.1 Å². The molecule has 0 aliphatic carbocycles. The second-order valence-corrected chi connectivity index (χ2v) is 6.04. The number of carbonyl (C=O) groups excluding carboxylic acids is 2. The molecule has 0 spiro atoms. The molecule has 1 aliphatic heterocycles.